The molecule has 1 N–H and O–H groups in total. The SMILES string of the molecule is Cc1ccc(O)c(CN(CCC(C)C)CCC(C)C)n1. The fraction of sp³-hybridized carbons (Fsp3) is 0.706. The second kappa shape index (κ2) is 8.25. The smallest absolute Gasteiger partial charge is 0.138 e. The lowest BCUT2D eigenvalue weighted by Gasteiger charge is -2.24. The van der Waals surface area contributed by atoms with E-state index in [9.17, 15) is 5.11 Å². The van der Waals surface area contributed by atoms with Crippen molar-refractivity contribution in [1.29, 1.82) is 0 Å². The average molecular weight is 278 g/mol. The Bertz CT molecular complexity index is 390. The van der Waals surface area contributed by atoms with Crippen molar-refractivity contribution in [1.82, 2.24) is 9.88 Å². The Kier molecular flexibility index (Phi) is 7.00. The van der Waals surface area contributed by atoms with Crippen molar-refractivity contribution in [2.24, 2.45) is 11.8 Å². The summed E-state index contributed by atoms with van der Waals surface area (Å²) in [7, 11) is 0. The van der Waals surface area contributed by atoms with Gasteiger partial charge in [-0.15, -0.1) is 0 Å². The van der Waals surface area contributed by atoms with Crippen molar-refractivity contribution in [3.05, 3.63) is 23.5 Å². The Labute approximate surface area is 124 Å². The molecule has 0 aromatic carbocycles. The molecule has 1 aromatic rings. The van der Waals surface area contributed by atoms with Gasteiger partial charge in [0.15, 0.2) is 0 Å². The maximum absolute atomic E-state index is 9.95. The Morgan fingerprint density at radius 3 is 2.10 bits per heavy atom. The molecule has 20 heavy (non-hydrogen) atoms. The van der Waals surface area contributed by atoms with Gasteiger partial charge in [-0.1, -0.05) is 27.7 Å². The zero-order valence-electron chi connectivity index (χ0n) is 13.7. The number of pyridine rings is 1. The highest BCUT2D eigenvalue weighted by atomic mass is 16.3. The minimum atomic E-state index is 0.315. The van der Waals surface area contributed by atoms with Gasteiger partial charge in [-0.3, -0.25) is 9.88 Å². The van der Waals surface area contributed by atoms with E-state index in [2.05, 4.69) is 37.6 Å². The highest BCUT2D eigenvalue weighted by Gasteiger charge is 2.12. The quantitative estimate of drug-likeness (QED) is 0.781. The lowest BCUT2D eigenvalue weighted by molar-refractivity contribution is 0.230. The van der Waals surface area contributed by atoms with Crippen LogP contribution in [0, 0.1) is 18.8 Å². The van der Waals surface area contributed by atoms with Gasteiger partial charge in [0.25, 0.3) is 0 Å². The minimum absolute atomic E-state index is 0.315. The van der Waals surface area contributed by atoms with Crippen LogP contribution in [0.5, 0.6) is 5.75 Å². The first-order valence-electron chi connectivity index (χ1n) is 7.76. The lowest BCUT2D eigenvalue weighted by Crippen LogP contribution is -2.28. The molecule has 0 aliphatic rings. The number of nitrogens with zero attached hydrogens (tertiary/aromatic N) is 2. The third-order valence-electron chi connectivity index (χ3n) is 3.51. The molecule has 0 saturated carbocycles. The third-order valence-corrected chi connectivity index (χ3v) is 3.51. The Hall–Kier alpha value is -1.09. The molecule has 1 aromatic heterocycles. The summed E-state index contributed by atoms with van der Waals surface area (Å²) in [5, 5.41) is 9.95. The Balaban J connectivity index is 2.68. The van der Waals surface area contributed by atoms with E-state index in [1.54, 1.807) is 6.07 Å². The first-order chi connectivity index (χ1) is 9.38. The molecule has 0 spiro atoms. The Morgan fingerprint density at radius 2 is 1.60 bits per heavy atom. The number of aromatic nitrogens is 1. The normalized spacial score (nSPS) is 11.8. The summed E-state index contributed by atoms with van der Waals surface area (Å²) in [6, 6.07) is 3.60. The molecule has 0 atom stereocenters. The van der Waals surface area contributed by atoms with Crippen LogP contribution in [-0.4, -0.2) is 28.1 Å². The fourth-order valence-electron chi connectivity index (χ4n) is 2.08. The zero-order chi connectivity index (χ0) is 15.1. The third kappa shape index (κ3) is 6.38. The summed E-state index contributed by atoms with van der Waals surface area (Å²) >= 11 is 0. The molecule has 0 aliphatic carbocycles. The first-order valence-corrected chi connectivity index (χ1v) is 7.76. The van der Waals surface area contributed by atoms with E-state index in [1.165, 1.54) is 12.8 Å². The van der Waals surface area contributed by atoms with Gasteiger partial charge in [0, 0.05) is 12.2 Å². The van der Waals surface area contributed by atoms with Crippen LogP contribution in [0.4, 0.5) is 0 Å². The molecular formula is C17H30N2O. The highest BCUT2D eigenvalue weighted by molar-refractivity contribution is 5.27. The van der Waals surface area contributed by atoms with Crippen molar-refractivity contribution in [2.45, 2.75) is 54.0 Å². The van der Waals surface area contributed by atoms with Crippen molar-refractivity contribution in [2.75, 3.05) is 13.1 Å². The summed E-state index contributed by atoms with van der Waals surface area (Å²) < 4.78 is 0. The minimum Gasteiger partial charge on any atom is -0.506 e. The van der Waals surface area contributed by atoms with Crippen molar-refractivity contribution in [3.8, 4) is 5.75 Å². The summed E-state index contributed by atoms with van der Waals surface area (Å²) in [6.07, 6.45) is 2.37. The summed E-state index contributed by atoms with van der Waals surface area (Å²) in [6.45, 7) is 13.9. The first kappa shape index (κ1) is 17.0. The molecule has 0 aliphatic heterocycles. The second-order valence-electron chi connectivity index (χ2n) is 6.56. The predicted molar refractivity (Wildman–Crippen MR) is 84.8 cm³/mol. The summed E-state index contributed by atoms with van der Waals surface area (Å²) in [4.78, 5) is 6.89. The average Bonchev–Trinajstić information content (AvgIpc) is 2.36. The molecule has 0 radical (unpaired) electrons. The van der Waals surface area contributed by atoms with Gasteiger partial charge in [-0.05, 0) is 56.8 Å². The topological polar surface area (TPSA) is 36.4 Å². The molecule has 0 fully saturated rings. The van der Waals surface area contributed by atoms with E-state index >= 15 is 0 Å². The molecule has 0 bridgehead atoms. The summed E-state index contributed by atoms with van der Waals surface area (Å²) in [5.41, 5.74) is 1.77. The molecule has 3 heteroatoms. The maximum atomic E-state index is 9.95. The van der Waals surface area contributed by atoms with Gasteiger partial charge in [0.1, 0.15) is 5.75 Å². The van der Waals surface area contributed by atoms with Crippen molar-refractivity contribution in [3.63, 3.8) is 0 Å². The van der Waals surface area contributed by atoms with E-state index in [4.69, 9.17) is 0 Å². The molecule has 0 unspecified atom stereocenters. The van der Waals surface area contributed by atoms with Gasteiger partial charge >= 0.3 is 0 Å². The van der Waals surface area contributed by atoms with Gasteiger partial charge in [-0.25, -0.2) is 0 Å². The van der Waals surface area contributed by atoms with E-state index in [1.807, 2.05) is 13.0 Å². The monoisotopic (exact) mass is 278 g/mol. The van der Waals surface area contributed by atoms with Crippen molar-refractivity contribution >= 4 is 0 Å². The van der Waals surface area contributed by atoms with E-state index in [0.29, 0.717) is 17.6 Å². The van der Waals surface area contributed by atoms with Crippen LogP contribution < -0.4 is 0 Å². The molecule has 0 saturated heterocycles. The van der Waals surface area contributed by atoms with E-state index < -0.39 is 0 Å². The van der Waals surface area contributed by atoms with Crippen LogP contribution in [0.15, 0.2) is 12.1 Å². The maximum Gasteiger partial charge on any atom is 0.138 e. The molecule has 114 valence electrons. The van der Waals surface area contributed by atoms with Crippen LogP contribution >= 0.6 is 0 Å². The van der Waals surface area contributed by atoms with E-state index in [-0.39, 0.29) is 0 Å². The lowest BCUT2D eigenvalue weighted by atomic mass is 10.1. The van der Waals surface area contributed by atoms with Crippen LogP contribution in [0.1, 0.15) is 51.9 Å². The molecule has 1 heterocycles. The van der Waals surface area contributed by atoms with Gasteiger partial charge in [0.2, 0.25) is 0 Å². The fourth-order valence-corrected chi connectivity index (χ4v) is 2.08. The summed E-state index contributed by atoms with van der Waals surface area (Å²) in [5.74, 6) is 1.72. The Morgan fingerprint density at radius 1 is 1.05 bits per heavy atom. The number of hydrogen-bond acceptors (Lipinski definition) is 3. The molecular weight excluding hydrogens is 248 g/mol. The van der Waals surface area contributed by atoms with Crippen LogP contribution in [0.3, 0.4) is 0 Å². The van der Waals surface area contributed by atoms with Gasteiger partial charge < -0.3 is 5.11 Å². The molecule has 3 nitrogen and oxygen atoms in total. The standard InChI is InChI=1S/C17H30N2O/c1-13(2)8-10-19(11-9-14(3)4)12-16-17(20)7-6-15(5)18-16/h6-7,13-14,20H,8-12H2,1-5H3. The number of aryl methyl sites for hydroxylation is 1. The van der Waals surface area contributed by atoms with Crippen molar-refractivity contribution < 1.29 is 5.11 Å². The van der Waals surface area contributed by atoms with Crippen LogP contribution in [0.25, 0.3) is 0 Å². The largest absolute Gasteiger partial charge is 0.506 e. The van der Waals surface area contributed by atoms with Crippen LogP contribution in [-0.2, 0) is 6.54 Å². The highest BCUT2D eigenvalue weighted by Crippen LogP contribution is 2.18. The number of rotatable bonds is 8. The van der Waals surface area contributed by atoms with E-state index in [0.717, 1.165) is 31.0 Å². The number of hydrogen-bond donors (Lipinski definition) is 1. The molecule has 1 rings (SSSR count). The van der Waals surface area contributed by atoms with Gasteiger partial charge in [-0.2, -0.15) is 0 Å². The van der Waals surface area contributed by atoms with Gasteiger partial charge in [0.05, 0.1) is 5.69 Å². The van der Waals surface area contributed by atoms with Crippen LogP contribution in [0.2, 0.25) is 0 Å². The predicted octanol–water partition coefficient (Wildman–Crippen LogP) is 3.99. The molecule has 0 amide bonds. The zero-order valence-corrected chi connectivity index (χ0v) is 13.7. The second-order valence-corrected chi connectivity index (χ2v) is 6.56. The number of aromatic hydroxyl groups is 1.